The van der Waals surface area contributed by atoms with Crippen molar-refractivity contribution in [3.05, 3.63) is 29.8 Å². The molecule has 0 amide bonds. The Morgan fingerprint density at radius 2 is 2.07 bits per heavy atom. The van der Waals surface area contributed by atoms with Gasteiger partial charge in [0.2, 0.25) is 0 Å². The molecule has 14 heavy (non-hydrogen) atoms. The zero-order valence-corrected chi connectivity index (χ0v) is 8.50. The van der Waals surface area contributed by atoms with Gasteiger partial charge in [0.25, 0.3) is 5.17 Å². The normalized spacial score (nSPS) is 9.57. The lowest BCUT2D eigenvalue weighted by molar-refractivity contribution is -0.253. The van der Waals surface area contributed by atoms with Crippen molar-refractivity contribution in [2.75, 3.05) is 7.05 Å². The molecular weight excluding hydrogens is 202 g/mol. The first-order chi connectivity index (χ1) is 6.76. The Morgan fingerprint density at radius 1 is 1.43 bits per heavy atom. The summed E-state index contributed by atoms with van der Waals surface area (Å²) in [6, 6.07) is 7.06. The van der Waals surface area contributed by atoms with Gasteiger partial charge in [0.1, 0.15) is 12.4 Å². The molecule has 0 atom stereocenters. The Kier molecular flexibility index (Phi) is 4.31. The monoisotopic (exact) mass is 213 g/mol. The predicted molar refractivity (Wildman–Crippen MR) is 56.1 cm³/mol. The predicted octanol–water partition coefficient (Wildman–Crippen LogP) is 1.56. The molecule has 2 N–H and O–H groups in total. The first-order valence-electron chi connectivity index (χ1n) is 4.01. The molecule has 1 aromatic carbocycles. The van der Waals surface area contributed by atoms with Gasteiger partial charge >= 0.3 is 0 Å². The van der Waals surface area contributed by atoms with Gasteiger partial charge in [0, 0.05) is 7.05 Å². The van der Waals surface area contributed by atoms with Crippen LogP contribution in [0.15, 0.2) is 24.3 Å². The summed E-state index contributed by atoms with van der Waals surface area (Å²) in [5.41, 5.74) is 0.857. The zero-order chi connectivity index (χ0) is 10.4. The summed E-state index contributed by atoms with van der Waals surface area (Å²) in [7, 11) is 1.69. The van der Waals surface area contributed by atoms with E-state index in [0.29, 0.717) is 10.9 Å². The number of ether oxygens (including phenoxy) is 1. The largest absolute Gasteiger partial charge is 0.432 e. The summed E-state index contributed by atoms with van der Waals surface area (Å²) in [6.45, 7) is 0.163. The van der Waals surface area contributed by atoms with Crippen LogP contribution < -0.4 is 10.1 Å². The molecule has 0 spiro atoms. The number of rotatable bonds is 3. The van der Waals surface area contributed by atoms with Crippen molar-refractivity contribution in [2.24, 2.45) is 0 Å². The molecule has 0 saturated heterocycles. The topological polar surface area (TPSA) is 50.7 Å². The molecule has 0 aromatic heterocycles. The number of thiocarbonyl (C=S) groups is 1. The number of benzene rings is 1. The molecule has 76 valence electrons. The molecule has 1 rings (SSSR count). The van der Waals surface area contributed by atoms with Gasteiger partial charge in [0.05, 0.1) is 0 Å². The van der Waals surface area contributed by atoms with E-state index in [-0.39, 0.29) is 6.61 Å². The number of nitrogens with one attached hydrogen (secondary N) is 1. The Morgan fingerprint density at radius 3 is 2.57 bits per heavy atom. The third-order valence-electron chi connectivity index (χ3n) is 1.57. The maximum absolute atomic E-state index is 8.21. The van der Waals surface area contributed by atoms with Crippen LogP contribution in [0.4, 0.5) is 0 Å². The second-order valence-corrected chi connectivity index (χ2v) is 2.93. The summed E-state index contributed by atoms with van der Waals surface area (Å²) < 4.78 is 5.21. The van der Waals surface area contributed by atoms with Crippen LogP contribution in [0.3, 0.4) is 0 Å². The second kappa shape index (κ2) is 5.54. The average molecular weight is 213 g/mol. The fraction of sp³-hybridized carbons (Fsp3) is 0.222. The van der Waals surface area contributed by atoms with Gasteiger partial charge < -0.3 is 10.1 Å². The minimum absolute atomic E-state index is 0.163. The van der Waals surface area contributed by atoms with E-state index in [4.69, 9.17) is 22.2 Å². The van der Waals surface area contributed by atoms with Crippen LogP contribution in [-0.2, 0) is 11.5 Å². The van der Waals surface area contributed by atoms with Gasteiger partial charge in [-0.05, 0) is 29.9 Å². The smallest absolute Gasteiger partial charge is 0.261 e. The van der Waals surface area contributed by atoms with Crippen LogP contribution >= 0.6 is 12.2 Å². The van der Waals surface area contributed by atoms with Crippen LogP contribution in [0.5, 0.6) is 5.75 Å². The van der Waals surface area contributed by atoms with Crippen molar-refractivity contribution in [1.29, 1.82) is 0 Å². The molecule has 1 aromatic rings. The lowest BCUT2D eigenvalue weighted by Gasteiger charge is -2.06. The highest BCUT2D eigenvalue weighted by Gasteiger charge is 1.98. The maximum atomic E-state index is 8.21. The molecule has 0 aliphatic carbocycles. The molecule has 0 aliphatic heterocycles. The third-order valence-corrected chi connectivity index (χ3v) is 1.86. The van der Waals surface area contributed by atoms with Crippen molar-refractivity contribution in [3.8, 4) is 5.75 Å². The maximum Gasteiger partial charge on any atom is 0.261 e. The van der Waals surface area contributed by atoms with E-state index in [2.05, 4.69) is 10.2 Å². The first-order valence-corrected chi connectivity index (χ1v) is 4.42. The van der Waals surface area contributed by atoms with Crippen LogP contribution in [0, 0.1) is 0 Å². The van der Waals surface area contributed by atoms with E-state index in [1.165, 1.54) is 0 Å². The van der Waals surface area contributed by atoms with E-state index in [9.17, 15) is 0 Å². The van der Waals surface area contributed by atoms with Gasteiger partial charge in [-0.25, -0.2) is 4.89 Å². The number of hydrogen-bond acceptors (Lipinski definition) is 4. The Labute approximate surface area is 87.4 Å². The molecule has 5 heteroatoms. The third kappa shape index (κ3) is 3.29. The van der Waals surface area contributed by atoms with Crippen LogP contribution in [0.25, 0.3) is 0 Å². The van der Waals surface area contributed by atoms with Crippen LogP contribution in [0.1, 0.15) is 5.56 Å². The molecule has 0 aliphatic rings. The lowest BCUT2D eigenvalue weighted by atomic mass is 10.2. The molecule has 0 bridgehead atoms. The van der Waals surface area contributed by atoms with E-state index in [0.717, 1.165) is 5.56 Å². The Bertz CT molecular complexity index is 299. The van der Waals surface area contributed by atoms with Gasteiger partial charge in [-0.3, -0.25) is 5.26 Å². The fourth-order valence-electron chi connectivity index (χ4n) is 0.886. The molecule has 0 saturated carbocycles. The Balaban J connectivity index is 2.59. The molecule has 4 nitrogen and oxygen atoms in total. The highest BCUT2D eigenvalue weighted by atomic mass is 32.1. The van der Waals surface area contributed by atoms with Crippen LogP contribution in [-0.4, -0.2) is 17.5 Å². The van der Waals surface area contributed by atoms with Gasteiger partial charge in [0.15, 0.2) is 0 Å². The molecule has 0 fully saturated rings. The summed E-state index contributed by atoms with van der Waals surface area (Å²) >= 11 is 4.82. The highest BCUT2D eigenvalue weighted by Crippen LogP contribution is 2.12. The molecular formula is C9H11NO3S. The summed E-state index contributed by atoms with van der Waals surface area (Å²) in [4.78, 5) is 3.99. The van der Waals surface area contributed by atoms with Crippen LogP contribution in [0.2, 0.25) is 0 Å². The summed E-state index contributed by atoms with van der Waals surface area (Å²) in [5, 5.41) is 11.2. The minimum atomic E-state index is 0.163. The van der Waals surface area contributed by atoms with Crippen molar-refractivity contribution >= 4 is 17.4 Å². The Hall–Kier alpha value is -1.17. The number of hydrogen-bond donors (Lipinski definition) is 2. The lowest BCUT2D eigenvalue weighted by Crippen LogP contribution is -2.21. The van der Waals surface area contributed by atoms with E-state index < -0.39 is 0 Å². The van der Waals surface area contributed by atoms with Gasteiger partial charge in [-0.1, -0.05) is 12.1 Å². The van der Waals surface area contributed by atoms with Gasteiger partial charge in [-0.15, -0.1) is 0 Å². The van der Waals surface area contributed by atoms with E-state index in [1.807, 2.05) is 0 Å². The van der Waals surface area contributed by atoms with Crippen molar-refractivity contribution in [3.63, 3.8) is 0 Å². The first kappa shape index (κ1) is 10.9. The SMILES string of the molecule is CNC(=S)Oc1ccc(COO)cc1. The van der Waals surface area contributed by atoms with Crippen molar-refractivity contribution in [2.45, 2.75) is 6.61 Å². The quantitative estimate of drug-likeness (QED) is 0.453. The van der Waals surface area contributed by atoms with Crippen molar-refractivity contribution < 1.29 is 14.9 Å². The minimum Gasteiger partial charge on any atom is -0.432 e. The second-order valence-electron chi connectivity index (χ2n) is 2.56. The zero-order valence-electron chi connectivity index (χ0n) is 7.69. The highest BCUT2D eigenvalue weighted by molar-refractivity contribution is 7.80. The van der Waals surface area contributed by atoms with Gasteiger partial charge in [-0.2, -0.15) is 0 Å². The van der Waals surface area contributed by atoms with E-state index >= 15 is 0 Å². The standard InChI is InChI=1S/C9H11NO3S/c1-10-9(14)13-8-4-2-7(3-5-8)6-12-11/h2-5,11H,6H2,1H3,(H,10,14). The molecule has 0 unspecified atom stereocenters. The summed E-state index contributed by atoms with van der Waals surface area (Å²) in [5.74, 6) is 0.644. The average Bonchev–Trinajstić information content (AvgIpc) is 2.21. The summed E-state index contributed by atoms with van der Waals surface area (Å²) in [6.07, 6.45) is 0. The van der Waals surface area contributed by atoms with E-state index in [1.54, 1.807) is 31.3 Å². The fourth-order valence-corrected chi connectivity index (χ4v) is 0.983. The molecule has 0 radical (unpaired) electrons. The van der Waals surface area contributed by atoms with Crippen molar-refractivity contribution in [1.82, 2.24) is 5.32 Å². The molecule has 0 heterocycles.